The summed E-state index contributed by atoms with van der Waals surface area (Å²) in [5.41, 5.74) is 0.531. The van der Waals surface area contributed by atoms with Crippen LogP contribution in [0.15, 0.2) is 18.3 Å². The molecule has 1 aromatic rings. The number of imide groups is 1. The summed E-state index contributed by atoms with van der Waals surface area (Å²) in [4.78, 5) is 39.2. The third-order valence-electron chi connectivity index (χ3n) is 2.53. The summed E-state index contributed by atoms with van der Waals surface area (Å²) in [7, 11) is 0. The van der Waals surface area contributed by atoms with Gasteiger partial charge in [-0.2, -0.15) is 0 Å². The van der Waals surface area contributed by atoms with E-state index in [4.69, 9.17) is 4.74 Å². The van der Waals surface area contributed by atoms with Gasteiger partial charge in [-0.25, -0.2) is 9.59 Å². The number of aryl methyl sites for hydroxylation is 1. The van der Waals surface area contributed by atoms with Gasteiger partial charge in [-0.1, -0.05) is 0 Å². The van der Waals surface area contributed by atoms with Crippen molar-refractivity contribution in [2.75, 3.05) is 0 Å². The van der Waals surface area contributed by atoms with E-state index in [1.807, 2.05) is 0 Å². The molecule has 7 heteroatoms. The zero-order chi connectivity index (χ0) is 16.9. The molecule has 2 N–H and O–H groups in total. The lowest BCUT2D eigenvalue weighted by molar-refractivity contribution is -0.127. The first-order chi connectivity index (χ1) is 10.1. The summed E-state index contributed by atoms with van der Waals surface area (Å²) in [5, 5.41) is 4.70. The standard InChI is InChI=1S/C15H21N3O4/c1-9-6-7-11(8-16-9)13(20)22-10(2)12(19)17-14(21)18-15(3,4)5/h6-8,10H,1-5H3,(H2,17,18,19,21). The Morgan fingerprint density at radius 1 is 1.23 bits per heavy atom. The van der Waals surface area contributed by atoms with Gasteiger partial charge in [-0.3, -0.25) is 15.1 Å². The fourth-order valence-electron chi connectivity index (χ4n) is 1.46. The molecule has 0 aliphatic carbocycles. The lowest BCUT2D eigenvalue weighted by atomic mass is 10.1. The van der Waals surface area contributed by atoms with E-state index in [2.05, 4.69) is 15.6 Å². The van der Waals surface area contributed by atoms with Gasteiger partial charge in [0.2, 0.25) is 0 Å². The van der Waals surface area contributed by atoms with Crippen molar-refractivity contribution < 1.29 is 19.1 Å². The van der Waals surface area contributed by atoms with Crippen LogP contribution in [0.2, 0.25) is 0 Å². The average molecular weight is 307 g/mol. The number of pyridine rings is 1. The highest BCUT2D eigenvalue weighted by Gasteiger charge is 2.22. The van der Waals surface area contributed by atoms with Crippen LogP contribution in [-0.4, -0.2) is 34.5 Å². The number of nitrogens with one attached hydrogen (secondary N) is 2. The Hall–Kier alpha value is -2.44. The van der Waals surface area contributed by atoms with Gasteiger partial charge in [-0.05, 0) is 46.8 Å². The molecule has 120 valence electrons. The summed E-state index contributed by atoms with van der Waals surface area (Å²) < 4.78 is 5.00. The molecule has 1 atom stereocenters. The van der Waals surface area contributed by atoms with Crippen molar-refractivity contribution in [2.45, 2.75) is 46.3 Å². The van der Waals surface area contributed by atoms with Gasteiger partial charge in [0.05, 0.1) is 5.56 Å². The van der Waals surface area contributed by atoms with Crippen molar-refractivity contribution in [3.63, 3.8) is 0 Å². The number of nitrogens with zero attached hydrogens (tertiary/aromatic N) is 1. The Bertz CT molecular complexity index is 561. The third-order valence-corrected chi connectivity index (χ3v) is 2.53. The van der Waals surface area contributed by atoms with Gasteiger partial charge in [-0.15, -0.1) is 0 Å². The number of aromatic nitrogens is 1. The van der Waals surface area contributed by atoms with Crippen molar-refractivity contribution in [2.24, 2.45) is 0 Å². The summed E-state index contributed by atoms with van der Waals surface area (Å²) in [6.07, 6.45) is 0.272. The topological polar surface area (TPSA) is 97.4 Å². The van der Waals surface area contributed by atoms with Crippen molar-refractivity contribution >= 4 is 17.9 Å². The van der Waals surface area contributed by atoms with Crippen LogP contribution in [0.3, 0.4) is 0 Å². The van der Waals surface area contributed by atoms with E-state index < -0.39 is 29.6 Å². The second-order valence-corrected chi connectivity index (χ2v) is 5.93. The Morgan fingerprint density at radius 2 is 1.86 bits per heavy atom. The highest BCUT2D eigenvalue weighted by Crippen LogP contribution is 2.04. The Labute approximate surface area is 129 Å². The predicted molar refractivity (Wildman–Crippen MR) is 80.3 cm³/mol. The van der Waals surface area contributed by atoms with Gasteiger partial charge in [0.25, 0.3) is 5.91 Å². The molecule has 22 heavy (non-hydrogen) atoms. The van der Waals surface area contributed by atoms with E-state index in [0.717, 1.165) is 5.69 Å². The Kier molecular flexibility index (Phi) is 5.62. The van der Waals surface area contributed by atoms with E-state index in [1.165, 1.54) is 13.1 Å². The van der Waals surface area contributed by atoms with E-state index in [1.54, 1.807) is 39.8 Å². The maximum atomic E-state index is 11.8. The minimum Gasteiger partial charge on any atom is -0.449 e. The van der Waals surface area contributed by atoms with Crippen molar-refractivity contribution in [3.05, 3.63) is 29.6 Å². The summed E-state index contributed by atoms with van der Waals surface area (Å²) in [6.45, 7) is 8.53. The van der Waals surface area contributed by atoms with Crippen LogP contribution in [0.25, 0.3) is 0 Å². The van der Waals surface area contributed by atoms with Gasteiger partial charge in [0.15, 0.2) is 6.10 Å². The Balaban J connectivity index is 2.55. The second kappa shape index (κ2) is 7.02. The molecule has 0 bridgehead atoms. The molecule has 0 aliphatic heterocycles. The number of rotatable bonds is 3. The smallest absolute Gasteiger partial charge is 0.340 e. The number of amides is 3. The van der Waals surface area contributed by atoms with E-state index >= 15 is 0 Å². The maximum Gasteiger partial charge on any atom is 0.340 e. The normalized spacial score (nSPS) is 12.2. The van der Waals surface area contributed by atoms with E-state index in [-0.39, 0.29) is 5.56 Å². The summed E-state index contributed by atoms with van der Waals surface area (Å²) in [6, 6.07) is 2.58. The SMILES string of the molecule is Cc1ccc(C(=O)OC(C)C(=O)NC(=O)NC(C)(C)C)cn1. The molecule has 0 aromatic carbocycles. The molecular formula is C15H21N3O4. The van der Waals surface area contributed by atoms with Crippen molar-refractivity contribution in [1.29, 1.82) is 0 Å². The molecule has 7 nitrogen and oxygen atoms in total. The molecule has 3 amide bonds. The van der Waals surface area contributed by atoms with Gasteiger partial charge < -0.3 is 10.1 Å². The number of esters is 1. The minimum atomic E-state index is -1.10. The summed E-state index contributed by atoms with van der Waals surface area (Å²) in [5.74, 6) is -1.37. The van der Waals surface area contributed by atoms with Crippen molar-refractivity contribution in [3.8, 4) is 0 Å². The molecule has 0 spiro atoms. The zero-order valence-electron chi connectivity index (χ0n) is 13.4. The van der Waals surface area contributed by atoms with Crippen LogP contribution in [0.5, 0.6) is 0 Å². The molecule has 0 saturated carbocycles. The van der Waals surface area contributed by atoms with Crippen LogP contribution in [0.4, 0.5) is 4.79 Å². The molecule has 0 fully saturated rings. The lowest BCUT2D eigenvalue weighted by Crippen LogP contribution is -2.50. The van der Waals surface area contributed by atoms with Crippen LogP contribution in [0.1, 0.15) is 43.7 Å². The number of carbonyl (C=O) groups excluding carboxylic acids is 3. The van der Waals surface area contributed by atoms with Crippen molar-refractivity contribution in [1.82, 2.24) is 15.6 Å². The number of carbonyl (C=O) groups is 3. The fraction of sp³-hybridized carbons (Fsp3) is 0.467. The molecule has 1 rings (SSSR count). The maximum absolute atomic E-state index is 11.8. The quantitative estimate of drug-likeness (QED) is 0.826. The average Bonchev–Trinajstić information content (AvgIpc) is 2.36. The number of urea groups is 1. The zero-order valence-corrected chi connectivity index (χ0v) is 13.4. The molecule has 1 aromatic heterocycles. The second-order valence-electron chi connectivity index (χ2n) is 5.93. The first-order valence-corrected chi connectivity index (χ1v) is 6.85. The summed E-state index contributed by atoms with van der Waals surface area (Å²) >= 11 is 0. The van der Waals surface area contributed by atoms with Crippen LogP contribution in [-0.2, 0) is 9.53 Å². The molecule has 1 heterocycles. The third kappa shape index (κ3) is 5.90. The molecule has 0 saturated heterocycles. The number of hydrogen-bond acceptors (Lipinski definition) is 5. The first-order valence-electron chi connectivity index (χ1n) is 6.85. The number of hydrogen-bond donors (Lipinski definition) is 2. The number of ether oxygens (including phenoxy) is 1. The van der Waals surface area contributed by atoms with Gasteiger partial charge in [0, 0.05) is 17.4 Å². The largest absolute Gasteiger partial charge is 0.449 e. The fourth-order valence-corrected chi connectivity index (χ4v) is 1.46. The van der Waals surface area contributed by atoms with Gasteiger partial charge in [0.1, 0.15) is 0 Å². The highest BCUT2D eigenvalue weighted by atomic mass is 16.5. The lowest BCUT2D eigenvalue weighted by Gasteiger charge is -2.21. The van der Waals surface area contributed by atoms with E-state index in [0.29, 0.717) is 0 Å². The molecule has 1 unspecified atom stereocenters. The van der Waals surface area contributed by atoms with Crippen LogP contribution >= 0.6 is 0 Å². The predicted octanol–water partition coefficient (Wildman–Crippen LogP) is 1.56. The Morgan fingerprint density at radius 3 is 2.36 bits per heavy atom. The molecular weight excluding hydrogens is 286 g/mol. The van der Waals surface area contributed by atoms with Gasteiger partial charge >= 0.3 is 12.0 Å². The monoisotopic (exact) mass is 307 g/mol. The minimum absolute atomic E-state index is 0.240. The van der Waals surface area contributed by atoms with E-state index in [9.17, 15) is 14.4 Å². The van der Waals surface area contributed by atoms with Crippen LogP contribution in [0, 0.1) is 6.92 Å². The van der Waals surface area contributed by atoms with Crippen LogP contribution < -0.4 is 10.6 Å². The molecule has 0 radical (unpaired) electrons. The molecule has 0 aliphatic rings. The first kappa shape index (κ1) is 17.6. The highest BCUT2D eigenvalue weighted by molar-refractivity contribution is 5.98.